The molecule has 0 saturated carbocycles. The molecule has 0 radical (unpaired) electrons. The summed E-state index contributed by atoms with van der Waals surface area (Å²) in [7, 11) is 0. The van der Waals surface area contributed by atoms with E-state index in [0.717, 1.165) is 34.0 Å². The number of rotatable bonds is 5. The van der Waals surface area contributed by atoms with Gasteiger partial charge in [-0.25, -0.2) is 4.98 Å². The predicted octanol–water partition coefficient (Wildman–Crippen LogP) is 4.91. The third kappa shape index (κ3) is 4.10. The Kier molecular flexibility index (Phi) is 5.45. The Bertz CT molecular complexity index is 621. The van der Waals surface area contributed by atoms with Gasteiger partial charge in [-0.2, -0.15) is 0 Å². The molecule has 0 bridgehead atoms. The maximum Gasteiger partial charge on any atom is 0.219 e. The minimum absolute atomic E-state index is 0.522. The third-order valence-electron chi connectivity index (χ3n) is 3.11. The van der Waals surface area contributed by atoms with Crippen molar-refractivity contribution in [2.45, 2.75) is 27.3 Å². The molecule has 5 heteroatoms. The highest BCUT2D eigenvalue weighted by Gasteiger charge is 2.08. The maximum absolute atomic E-state index is 6.16. The molecule has 0 saturated heterocycles. The molecule has 3 nitrogen and oxygen atoms in total. The van der Waals surface area contributed by atoms with Crippen LogP contribution in [0.25, 0.3) is 0 Å². The van der Waals surface area contributed by atoms with Crippen LogP contribution in [0.15, 0.2) is 24.4 Å². The van der Waals surface area contributed by atoms with Crippen LogP contribution in [0.3, 0.4) is 0 Å². The van der Waals surface area contributed by atoms with Gasteiger partial charge in [0.1, 0.15) is 5.75 Å². The molecule has 0 fully saturated rings. The number of nitrogens with zero attached hydrogens (tertiary/aromatic N) is 1. The van der Waals surface area contributed by atoms with E-state index in [0.29, 0.717) is 17.4 Å². The Morgan fingerprint density at radius 2 is 1.81 bits per heavy atom. The van der Waals surface area contributed by atoms with Gasteiger partial charge in [-0.1, -0.05) is 30.1 Å². The summed E-state index contributed by atoms with van der Waals surface area (Å²) in [6.45, 7) is 7.52. The average molecular weight is 325 g/mol. The summed E-state index contributed by atoms with van der Waals surface area (Å²) < 4.78 is 5.81. The van der Waals surface area contributed by atoms with Crippen molar-refractivity contribution >= 4 is 23.2 Å². The first-order valence-electron chi connectivity index (χ1n) is 6.81. The second-order valence-corrected chi connectivity index (χ2v) is 5.65. The Hall–Kier alpha value is -1.29. The molecule has 2 rings (SSSR count). The predicted molar refractivity (Wildman–Crippen MR) is 87.6 cm³/mol. The van der Waals surface area contributed by atoms with E-state index in [-0.39, 0.29) is 0 Å². The van der Waals surface area contributed by atoms with E-state index in [2.05, 4.69) is 10.3 Å². The highest BCUT2D eigenvalue weighted by molar-refractivity contribution is 6.32. The molecule has 21 heavy (non-hydrogen) atoms. The zero-order valence-corrected chi connectivity index (χ0v) is 13.8. The molecular formula is C16H18Cl2N2O. The van der Waals surface area contributed by atoms with E-state index in [1.165, 1.54) is 0 Å². The van der Waals surface area contributed by atoms with Crippen LogP contribution in [0, 0.1) is 13.8 Å². The van der Waals surface area contributed by atoms with Crippen LogP contribution in [0.4, 0.5) is 0 Å². The lowest BCUT2D eigenvalue weighted by Gasteiger charge is -2.11. The number of aryl methyl sites for hydroxylation is 2. The van der Waals surface area contributed by atoms with Crippen molar-refractivity contribution in [3.8, 4) is 11.6 Å². The van der Waals surface area contributed by atoms with Crippen molar-refractivity contribution in [1.82, 2.24) is 10.3 Å². The molecule has 0 amide bonds. The van der Waals surface area contributed by atoms with E-state index in [9.17, 15) is 0 Å². The molecule has 0 spiro atoms. The molecule has 0 aliphatic heterocycles. The van der Waals surface area contributed by atoms with Crippen LogP contribution < -0.4 is 10.1 Å². The summed E-state index contributed by atoms with van der Waals surface area (Å²) in [6, 6.07) is 5.65. The summed E-state index contributed by atoms with van der Waals surface area (Å²) in [4.78, 5) is 4.21. The number of hydrogen-bond acceptors (Lipinski definition) is 3. The summed E-state index contributed by atoms with van der Waals surface area (Å²) >= 11 is 12.3. The van der Waals surface area contributed by atoms with E-state index >= 15 is 0 Å². The number of pyridine rings is 1. The lowest BCUT2D eigenvalue weighted by atomic mass is 10.1. The van der Waals surface area contributed by atoms with E-state index in [4.69, 9.17) is 27.9 Å². The summed E-state index contributed by atoms with van der Waals surface area (Å²) in [5.74, 6) is 1.24. The van der Waals surface area contributed by atoms with Gasteiger partial charge >= 0.3 is 0 Å². The van der Waals surface area contributed by atoms with Gasteiger partial charge in [0.25, 0.3) is 0 Å². The SMILES string of the molecule is CCNCc1cc(Oc2cc(C)c(Cl)c(C)c2)ncc1Cl. The summed E-state index contributed by atoms with van der Waals surface area (Å²) in [5, 5.41) is 4.63. The number of halogens is 2. The second kappa shape index (κ2) is 7.12. The first kappa shape index (κ1) is 16.1. The standard InChI is InChI=1S/C16H18Cl2N2O/c1-4-19-8-12-7-15(20-9-14(12)17)21-13-5-10(2)16(18)11(3)6-13/h5-7,9,19H,4,8H2,1-3H3. The number of nitrogens with one attached hydrogen (secondary N) is 1. The highest BCUT2D eigenvalue weighted by atomic mass is 35.5. The molecule has 112 valence electrons. The molecule has 1 N–H and O–H groups in total. The summed E-state index contributed by atoms with van der Waals surface area (Å²) in [5.41, 5.74) is 2.92. The molecule has 0 aliphatic carbocycles. The van der Waals surface area contributed by atoms with Crippen molar-refractivity contribution in [1.29, 1.82) is 0 Å². The Labute approximate surface area is 135 Å². The fourth-order valence-corrected chi connectivity index (χ4v) is 2.27. The second-order valence-electron chi connectivity index (χ2n) is 4.87. The van der Waals surface area contributed by atoms with Gasteiger partial charge in [0.15, 0.2) is 0 Å². The lowest BCUT2D eigenvalue weighted by Crippen LogP contribution is -2.12. The third-order valence-corrected chi connectivity index (χ3v) is 4.04. The van der Waals surface area contributed by atoms with Crippen LogP contribution in [0.1, 0.15) is 23.6 Å². The van der Waals surface area contributed by atoms with Gasteiger partial charge in [0.2, 0.25) is 5.88 Å². The fourth-order valence-electron chi connectivity index (χ4n) is 2.00. The van der Waals surface area contributed by atoms with Crippen LogP contribution in [0.2, 0.25) is 10.0 Å². The highest BCUT2D eigenvalue weighted by Crippen LogP contribution is 2.29. The molecule has 1 aromatic carbocycles. The molecule has 1 heterocycles. The molecule has 0 aliphatic rings. The van der Waals surface area contributed by atoms with Crippen molar-refractivity contribution < 1.29 is 4.74 Å². The monoisotopic (exact) mass is 324 g/mol. The first-order valence-corrected chi connectivity index (χ1v) is 7.56. The topological polar surface area (TPSA) is 34.1 Å². The molecule has 0 atom stereocenters. The molecule has 2 aromatic rings. The number of aromatic nitrogens is 1. The van der Waals surface area contributed by atoms with Crippen molar-refractivity contribution in [2.75, 3.05) is 6.54 Å². The smallest absolute Gasteiger partial charge is 0.219 e. The van der Waals surface area contributed by atoms with E-state index in [1.54, 1.807) is 6.20 Å². The number of hydrogen-bond donors (Lipinski definition) is 1. The minimum atomic E-state index is 0.522. The Morgan fingerprint density at radius 1 is 1.14 bits per heavy atom. The van der Waals surface area contributed by atoms with Gasteiger partial charge in [-0.15, -0.1) is 0 Å². The van der Waals surface area contributed by atoms with Gasteiger partial charge in [0, 0.05) is 23.8 Å². The lowest BCUT2D eigenvalue weighted by molar-refractivity contribution is 0.461. The zero-order chi connectivity index (χ0) is 15.4. The quantitative estimate of drug-likeness (QED) is 0.848. The van der Waals surface area contributed by atoms with Gasteiger partial charge < -0.3 is 10.1 Å². The Morgan fingerprint density at radius 3 is 2.43 bits per heavy atom. The average Bonchev–Trinajstić information content (AvgIpc) is 2.45. The van der Waals surface area contributed by atoms with E-state index in [1.807, 2.05) is 39.0 Å². The zero-order valence-electron chi connectivity index (χ0n) is 12.3. The van der Waals surface area contributed by atoms with Crippen molar-refractivity contribution in [3.63, 3.8) is 0 Å². The van der Waals surface area contributed by atoms with Gasteiger partial charge in [0.05, 0.1) is 5.02 Å². The summed E-state index contributed by atoms with van der Waals surface area (Å²) in [6.07, 6.45) is 1.61. The molecular weight excluding hydrogens is 307 g/mol. The minimum Gasteiger partial charge on any atom is -0.439 e. The van der Waals surface area contributed by atoms with Crippen LogP contribution in [0.5, 0.6) is 11.6 Å². The molecule has 1 aromatic heterocycles. The van der Waals surface area contributed by atoms with Crippen LogP contribution in [-0.4, -0.2) is 11.5 Å². The first-order chi connectivity index (χ1) is 10.0. The van der Waals surface area contributed by atoms with Gasteiger partial charge in [-0.05, 0) is 49.2 Å². The van der Waals surface area contributed by atoms with Crippen molar-refractivity contribution in [3.05, 3.63) is 51.1 Å². The van der Waals surface area contributed by atoms with Gasteiger partial charge in [-0.3, -0.25) is 0 Å². The maximum atomic E-state index is 6.16. The largest absolute Gasteiger partial charge is 0.439 e. The van der Waals surface area contributed by atoms with E-state index < -0.39 is 0 Å². The normalized spacial score (nSPS) is 10.7. The fraction of sp³-hybridized carbons (Fsp3) is 0.312. The molecule has 0 unspecified atom stereocenters. The Balaban J connectivity index is 2.23. The number of benzene rings is 1. The van der Waals surface area contributed by atoms with Crippen LogP contribution in [-0.2, 0) is 6.54 Å². The number of ether oxygens (including phenoxy) is 1. The van der Waals surface area contributed by atoms with Crippen molar-refractivity contribution in [2.24, 2.45) is 0 Å². The van der Waals surface area contributed by atoms with Crippen LogP contribution >= 0.6 is 23.2 Å².